The molecule has 0 aromatic heterocycles. The van der Waals surface area contributed by atoms with Crippen LogP contribution in [-0.4, -0.2) is 31.1 Å². The SMILES string of the molecule is CCOc1cc2c(cc1CNC(=O)COc1ccccc1C(=O)Nc1ccccc1)O[C@@H](C)C2. The van der Waals surface area contributed by atoms with Gasteiger partial charge in [0.1, 0.15) is 23.4 Å². The summed E-state index contributed by atoms with van der Waals surface area (Å²) in [6, 6.07) is 19.9. The maximum absolute atomic E-state index is 12.7. The van der Waals surface area contributed by atoms with Gasteiger partial charge in [-0.05, 0) is 50.2 Å². The summed E-state index contributed by atoms with van der Waals surface area (Å²) < 4.78 is 17.3. The summed E-state index contributed by atoms with van der Waals surface area (Å²) in [5, 5.41) is 5.69. The molecule has 0 spiro atoms. The van der Waals surface area contributed by atoms with Crippen molar-refractivity contribution < 1.29 is 23.8 Å². The Labute approximate surface area is 199 Å². The van der Waals surface area contributed by atoms with Crippen molar-refractivity contribution in [3.05, 3.63) is 83.4 Å². The number of para-hydroxylation sites is 2. The van der Waals surface area contributed by atoms with Crippen LogP contribution < -0.4 is 24.8 Å². The smallest absolute Gasteiger partial charge is 0.259 e. The molecule has 0 radical (unpaired) electrons. The lowest BCUT2D eigenvalue weighted by Gasteiger charge is -2.14. The van der Waals surface area contributed by atoms with Crippen LogP contribution >= 0.6 is 0 Å². The average Bonchev–Trinajstić information content (AvgIpc) is 3.21. The first kappa shape index (κ1) is 23.2. The predicted molar refractivity (Wildman–Crippen MR) is 130 cm³/mol. The van der Waals surface area contributed by atoms with E-state index in [9.17, 15) is 9.59 Å². The zero-order chi connectivity index (χ0) is 23.9. The second-order valence-corrected chi connectivity index (χ2v) is 8.01. The molecule has 4 rings (SSSR count). The molecule has 0 bridgehead atoms. The third-order valence-electron chi connectivity index (χ3n) is 5.38. The molecular weight excluding hydrogens is 432 g/mol. The van der Waals surface area contributed by atoms with Gasteiger partial charge in [-0.3, -0.25) is 9.59 Å². The summed E-state index contributed by atoms with van der Waals surface area (Å²) in [6.07, 6.45) is 0.967. The number of anilines is 1. The molecule has 176 valence electrons. The lowest BCUT2D eigenvalue weighted by Crippen LogP contribution is -2.29. The van der Waals surface area contributed by atoms with Crippen LogP contribution in [0.15, 0.2) is 66.7 Å². The topological polar surface area (TPSA) is 85.9 Å². The predicted octanol–water partition coefficient (Wildman–Crippen LogP) is 4.36. The lowest BCUT2D eigenvalue weighted by molar-refractivity contribution is -0.123. The molecular formula is C27H28N2O5. The molecule has 0 unspecified atom stereocenters. The minimum absolute atomic E-state index is 0.127. The Bertz CT molecular complexity index is 1160. The molecule has 2 N–H and O–H groups in total. The van der Waals surface area contributed by atoms with Crippen molar-refractivity contribution in [2.24, 2.45) is 0 Å². The number of hydrogen-bond donors (Lipinski definition) is 2. The molecule has 2 amide bonds. The first-order valence-electron chi connectivity index (χ1n) is 11.3. The van der Waals surface area contributed by atoms with Crippen LogP contribution in [0, 0.1) is 0 Å². The van der Waals surface area contributed by atoms with Crippen LogP contribution in [0.5, 0.6) is 17.2 Å². The van der Waals surface area contributed by atoms with Gasteiger partial charge in [-0.15, -0.1) is 0 Å². The van der Waals surface area contributed by atoms with Crippen LogP contribution in [0.25, 0.3) is 0 Å². The molecule has 0 fully saturated rings. The van der Waals surface area contributed by atoms with Crippen molar-refractivity contribution in [3.8, 4) is 17.2 Å². The maximum atomic E-state index is 12.7. The summed E-state index contributed by atoms with van der Waals surface area (Å²) in [7, 11) is 0. The van der Waals surface area contributed by atoms with Crippen LogP contribution in [0.1, 0.15) is 35.3 Å². The fraction of sp³-hybridized carbons (Fsp3) is 0.259. The summed E-state index contributed by atoms with van der Waals surface area (Å²) in [4.78, 5) is 25.2. The lowest BCUT2D eigenvalue weighted by atomic mass is 10.1. The van der Waals surface area contributed by atoms with Gasteiger partial charge in [0.25, 0.3) is 11.8 Å². The molecule has 7 nitrogen and oxygen atoms in total. The normalized spacial score (nSPS) is 14.0. The second-order valence-electron chi connectivity index (χ2n) is 8.01. The quantitative estimate of drug-likeness (QED) is 0.496. The molecule has 0 aliphatic carbocycles. The number of benzene rings is 3. The fourth-order valence-corrected chi connectivity index (χ4v) is 3.80. The Balaban J connectivity index is 1.36. The molecule has 1 heterocycles. The molecule has 1 aliphatic heterocycles. The third-order valence-corrected chi connectivity index (χ3v) is 5.38. The van der Waals surface area contributed by atoms with Gasteiger partial charge in [-0.25, -0.2) is 0 Å². The minimum Gasteiger partial charge on any atom is -0.494 e. The van der Waals surface area contributed by atoms with Gasteiger partial charge in [-0.1, -0.05) is 30.3 Å². The highest BCUT2D eigenvalue weighted by Crippen LogP contribution is 2.35. The van der Waals surface area contributed by atoms with E-state index in [0.29, 0.717) is 23.6 Å². The number of rotatable bonds is 9. The molecule has 3 aromatic rings. The number of carbonyl (C=O) groups excluding carboxylic acids is 2. The van der Waals surface area contributed by atoms with E-state index in [1.807, 2.05) is 44.2 Å². The van der Waals surface area contributed by atoms with E-state index in [1.165, 1.54) is 0 Å². The van der Waals surface area contributed by atoms with Gasteiger partial charge in [-0.2, -0.15) is 0 Å². The van der Waals surface area contributed by atoms with Crippen molar-refractivity contribution in [1.29, 1.82) is 0 Å². The summed E-state index contributed by atoms with van der Waals surface area (Å²) in [5.74, 6) is 1.28. The van der Waals surface area contributed by atoms with Crippen LogP contribution in [0.3, 0.4) is 0 Å². The first-order valence-corrected chi connectivity index (χ1v) is 11.3. The highest BCUT2D eigenvalue weighted by molar-refractivity contribution is 6.06. The number of hydrogen-bond acceptors (Lipinski definition) is 5. The number of fused-ring (bicyclic) bond motifs is 1. The van der Waals surface area contributed by atoms with Gasteiger partial charge < -0.3 is 24.8 Å². The van der Waals surface area contributed by atoms with Crippen molar-refractivity contribution in [1.82, 2.24) is 5.32 Å². The van der Waals surface area contributed by atoms with E-state index in [4.69, 9.17) is 14.2 Å². The number of ether oxygens (including phenoxy) is 3. The molecule has 1 aliphatic rings. The van der Waals surface area contributed by atoms with Crippen molar-refractivity contribution >= 4 is 17.5 Å². The molecule has 1 atom stereocenters. The zero-order valence-corrected chi connectivity index (χ0v) is 19.3. The van der Waals surface area contributed by atoms with E-state index in [-0.39, 0.29) is 31.1 Å². The van der Waals surface area contributed by atoms with Gasteiger partial charge in [0, 0.05) is 29.8 Å². The van der Waals surface area contributed by atoms with E-state index in [2.05, 4.69) is 10.6 Å². The first-order chi connectivity index (χ1) is 16.5. The van der Waals surface area contributed by atoms with E-state index < -0.39 is 0 Å². The van der Waals surface area contributed by atoms with Crippen molar-refractivity contribution in [2.45, 2.75) is 32.9 Å². The summed E-state index contributed by atoms with van der Waals surface area (Å²) in [6.45, 7) is 4.53. The van der Waals surface area contributed by atoms with Crippen molar-refractivity contribution in [2.75, 3.05) is 18.5 Å². The Morgan fingerprint density at radius 3 is 2.56 bits per heavy atom. The van der Waals surface area contributed by atoms with E-state index >= 15 is 0 Å². The highest BCUT2D eigenvalue weighted by Gasteiger charge is 2.22. The molecule has 3 aromatic carbocycles. The maximum Gasteiger partial charge on any atom is 0.259 e. The van der Waals surface area contributed by atoms with Gasteiger partial charge in [0.2, 0.25) is 0 Å². The van der Waals surface area contributed by atoms with Gasteiger partial charge >= 0.3 is 0 Å². The number of carbonyl (C=O) groups is 2. The van der Waals surface area contributed by atoms with E-state index in [1.54, 1.807) is 36.4 Å². The van der Waals surface area contributed by atoms with Crippen LogP contribution in [0.2, 0.25) is 0 Å². The number of nitrogens with one attached hydrogen (secondary N) is 2. The minimum atomic E-state index is -0.310. The number of amides is 2. The summed E-state index contributed by atoms with van der Waals surface area (Å²) >= 11 is 0. The monoisotopic (exact) mass is 460 g/mol. The van der Waals surface area contributed by atoms with E-state index in [0.717, 1.165) is 29.0 Å². The highest BCUT2D eigenvalue weighted by atomic mass is 16.5. The second kappa shape index (κ2) is 10.7. The summed E-state index contributed by atoms with van der Waals surface area (Å²) in [5.41, 5.74) is 2.98. The largest absolute Gasteiger partial charge is 0.494 e. The van der Waals surface area contributed by atoms with Crippen molar-refractivity contribution in [3.63, 3.8) is 0 Å². The zero-order valence-electron chi connectivity index (χ0n) is 19.3. The van der Waals surface area contributed by atoms with Gasteiger partial charge in [0.15, 0.2) is 6.61 Å². The Morgan fingerprint density at radius 1 is 1.00 bits per heavy atom. The fourth-order valence-electron chi connectivity index (χ4n) is 3.80. The average molecular weight is 461 g/mol. The van der Waals surface area contributed by atoms with Crippen LogP contribution in [-0.2, 0) is 17.8 Å². The Kier molecular flexibility index (Phi) is 7.32. The molecule has 7 heteroatoms. The third kappa shape index (κ3) is 5.67. The Hall–Kier alpha value is -4.00. The molecule has 0 saturated heterocycles. The molecule has 0 saturated carbocycles. The standard InChI is InChI=1S/C27H28N2O5/c1-3-32-24-14-19-13-18(2)34-25(19)15-20(24)16-28-26(30)17-33-23-12-8-7-11-22(23)27(31)29-21-9-5-4-6-10-21/h4-12,14-15,18H,3,13,16-17H2,1-2H3,(H,28,30)(H,29,31)/t18-/m0/s1. The molecule has 34 heavy (non-hydrogen) atoms. The van der Waals surface area contributed by atoms with Gasteiger partial charge in [0.05, 0.1) is 12.2 Å². The van der Waals surface area contributed by atoms with Crippen LogP contribution in [0.4, 0.5) is 5.69 Å². The Morgan fingerprint density at radius 2 is 1.76 bits per heavy atom.